The fourth-order valence-electron chi connectivity index (χ4n) is 2.51. The maximum absolute atomic E-state index is 11.9. The number of aliphatic carboxylic acids is 1. The molecule has 2 aromatic carbocycles. The lowest BCUT2D eigenvalue weighted by molar-refractivity contribution is -0.139. The molecule has 10 heteroatoms. The zero-order chi connectivity index (χ0) is 21.4. The van der Waals surface area contributed by atoms with Crippen molar-refractivity contribution in [3.63, 3.8) is 0 Å². The lowest BCUT2D eigenvalue weighted by Gasteiger charge is -2.13. The first-order valence-corrected chi connectivity index (χ1v) is 8.42. The van der Waals surface area contributed by atoms with Gasteiger partial charge < -0.3 is 30.4 Å². The summed E-state index contributed by atoms with van der Waals surface area (Å²) in [5.41, 5.74) is -0.114. The molecule has 0 saturated carbocycles. The minimum Gasteiger partial charge on any atom is -0.482 e. The van der Waals surface area contributed by atoms with Gasteiger partial charge in [0.05, 0.1) is 19.0 Å². The largest absolute Gasteiger partial charge is 0.482 e. The Hall–Kier alpha value is -3.95. The Morgan fingerprint density at radius 3 is 2.41 bits per heavy atom. The molecule has 0 aliphatic carbocycles. The van der Waals surface area contributed by atoms with E-state index in [0.29, 0.717) is 5.39 Å². The van der Waals surface area contributed by atoms with Crippen molar-refractivity contribution in [2.75, 3.05) is 13.2 Å². The van der Waals surface area contributed by atoms with Gasteiger partial charge in [0, 0.05) is 5.39 Å². The molecule has 0 aliphatic rings. The van der Waals surface area contributed by atoms with E-state index in [9.17, 15) is 29.1 Å². The van der Waals surface area contributed by atoms with E-state index in [2.05, 4.69) is 10.6 Å². The number of carbonyl (C=O) groups is 5. The van der Waals surface area contributed by atoms with Crippen molar-refractivity contribution in [2.24, 2.45) is 0 Å². The predicted molar refractivity (Wildman–Crippen MR) is 99.7 cm³/mol. The number of carbonyl (C=O) groups excluding carboxylic acids is 3. The molecule has 4 N–H and O–H groups in total. The van der Waals surface area contributed by atoms with Gasteiger partial charge in [0.2, 0.25) is 5.91 Å². The molecule has 0 bridgehead atoms. The summed E-state index contributed by atoms with van der Waals surface area (Å²) in [6.45, 7) is -1.05. The number of aldehydes is 1. The summed E-state index contributed by atoms with van der Waals surface area (Å²) in [5.74, 6) is -3.91. The molecule has 1 atom stereocenters. The third kappa shape index (κ3) is 6.03. The molecule has 0 radical (unpaired) electrons. The lowest BCUT2D eigenvalue weighted by Crippen LogP contribution is -2.44. The van der Waals surface area contributed by atoms with E-state index in [-0.39, 0.29) is 17.6 Å². The van der Waals surface area contributed by atoms with Gasteiger partial charge >= 0.3 is 11.9 Å². The predicted octanol–water partition coefficient (Wildman–Crippen LogP) is 0.191. The summed E-state index contributed by atoms with van der Waals surface area (Å²) in [6.07, 6.45) is -0.295. The average molecular weight is 402 g/mol. The van der Waals surface area contributed by atoms with E-state index in [0.717, 1.165) is 5.39 Å². The monoisotopic (exact) mass is 402 g/mol. The number of amides is 2. The fraction of sp³-hybridized carbons (Fsp3) is 0.211. The number of fused-ring (bicyclic) bond motifs is 1. The number of ether oxygens (including phenoxy) is 1. The molecule has 0 heterocycles. The van der Waals surface area contributed by atoms with Gasteiger partial charge in [-0.15, -0.1) is 0 Å². The Morgan fingerprint density at radius 2 is 1.76 bits per heavy atom. The summed E-state index contributed by atoms with van der Waals surface area (Å²) >= 11 is 0. The third-order valence-corrected chi connectivity index (χ3v) is 3.81. The molecular weight excluding hydrogens is 384 g/mol. The zero-order valence-electron chi connectivity index (χ0n) is 15.1. The zero-order valence-corrected chi connectivity index (χ0v) is 15.1. The van der Waals surface area contributed by atoms with Crippen LogP contribution in [0.3, 0.4) is 0 Å². The molecule has 2 aromatic rings. The first-order valence-electron chi connectivity index (χ1n) is 8.42. The van der Waals surface area contributed by atoms with Crippen molar-refractivity contribution < 1.29 is 38.9 Å². The highest BCUT2D eigenvalue weighted by atomic mass is 16.5. The Balaban J connectivity index is 1.96. The van der Waals surface area contributed by atoms with Crippen LogP contribution in [0.5, 0.6) is 5.75 Å². The molecule has 0 spiro atoms. The van der Waals surface area contributed by atoms with Gasteiger partial charge in [-0.3, -0.25) is 14.4 Å². The van der Waals surface area contributed by atoms with Crippen molar-refractivity contribution in [3.8, 4) is 5.75 Å². The summed E-state index contributed by atoms with van der Waals surface area (Å²) in [5, 5.41) is 23.6. The van der Waals surface area contributed by atoms with E-state index in [1.165, 1.54) is 6.07 Å². The van der Waals surface area contributed by atoms with E-state index >= 15 is 0 Å². The van der Waals surface area contributed by atoms with Crippen LogP contribution < -0.4 is 15.4 Å². The second-order valence-corrected chi connectivity index (χ2v) is 5.94. The quantitative estimate of drug-likeness (QED) is 0.410. The highest BCUT2D eigenvalue weighted by molar-refractivity contribution is 6.00. The second kappa shape index (κ2) is 9.83. The fourth-order valence-corrected chi connectivity index (χ4v) is 2.51. The highest BCUT2D eigenvalue weighted by Gasteiger charge is 2.18. The van der Waals surface area contributed by atoms with Crippen LogP contribution in [0, 0.1) is 0 Å². The number of rotatable bonds is 10. The van der Waals surface area contributed by atoms with Crippen LogP contribution in [0.25, 0.3) is 10.8 Å². The molecular formula is C19H18N2O8. The van der Waals surface area contributed by atoms with E-state index in [1.807, 2.05) is 0 Å². The van der Waals surface area contributed by atoms with Gasteiger partial charge in [-0.2, -0.15) is 0 Å². The average Bonchev–Trinajstić information content (AvgIpc) is 2.69. The molecule has 0 aromatic heterocycles. The van der Waals surface area contributed by atoms with Crippen molar-refractivity contribution in [3.05, 3.63) is 42.0 Å². The Morgan fingerprint density at radius 1 is 1.03 bits per heavy atom. The highest BCUT2D eigenvalue weighted by Crippen LogP contribution is 2.29. The number of hydrogen-bond acceptors (Lipinski definition) is 6. The van der Waals surface area contributed by atoms with Crippen LogP contribution in [-0.2, 0) is 19.2 Å². The van der Waals surface area contributed by atoms with Gasteiger partial charge in [-0.05, 0) is 11.5 Å². The van der Waals surface area contributed by atoms with Gasteiger partial charge in [0.1, 0.15) is 17.6 Å². The normalized spacial score (nSPS) is 11.3. The summed E-state index contributed by atoms with van der Waals surface area (Å²) in [6, 6.07) is 8.68. The molecule has 2 rings (SSSR count). The molecule has 0 saturated heterocycles. The first kappa shape index (κ1) is 21.4. The summed E-state index contributed by atoms with van der Waals surface area (Å²) < 4.78 is 5.40. The molecule has 2 amide bonds. The number of hydrogen-bond donors (Lipinski definition) is 4. The molecule has 29 heavy (non-hydrogen) atoms. The Kier molecular flexibility index (Phi) is 7.24. The number of benzene rings is 2. The van der Waals surface area contributed by atoms with Gasteiger partial charge in [-0.1, -0.05) is 30.3 Å². The number of carboxylic acid groups (broad SMARTS) is 2. The second-order valence-electron chi connectivity index (χ2n) is 5.94. The number of nitrogens with one attached hydrogen (secondary N) is 2. The van der Waals surface area contributed by atoms with E-state index < -0.39 is 49.4 Å². The Labute approximate surface area is 164 Å². The van der Waals surface area contributed by atoms with Crippen LogP contribution in [0.1, 0.15) is 16.8 Å². The van der Waals surface area contributed by atoms with Gasteiger partial charge in [0.25, 0.3) is 5.91 Å². The molecule has 0 fully saturated rings. The molecule has 10 nitrogen and oxygen atoms in total. The lowest BCUT2D eigenvalue weighted by atomic mass is 10.1. The minimum atomic E-state index is -1.26. The maximum atomic E-state index is 11.9. The van der Waals surface area contributed by atoms with E-state index in [4.69, 9.17) is 9.84 Å². The SMILES string of the molecule is O=C[C@H](CC(=O)O)NC(=O)CNC(=O)COc1c(C(=O)O)ccc2ccccc12. The van der Waals surface area contributed by atoms with Crippen LogP contribution >= 0.6 is 0 Å². The van der Waals surface area contributed by atoms with Crippen LogP contribution in [0.4, 0.5) is 0 Å². The van der Waals surface area contributed by atoms with E-state index in [1.54, 1.807) is 30.3 Å². The minimum absolute atomic E-state index is 0.0256. The standard InChI is InChI=1S/C19H18N2O8/c22-9-12(7-17(25)26)21-15(23)8-20-16(24)10-29-18-13-4-2-1-3-11(13)5-6-14(18)19(27)28/h1-6,9,12H,7-8,10H2,(H,20,24)(H,21,23)(H,25,26)(H,27,28)/t12-/m0/s1. The summed E-state index contributed by atoms with van der Waals surface area (Å²) in [7, 11) is 0. The molecule has 0 aliphatic heterocycles. The molecule has 0 unspecified atom stereocenters. The van der Waals surface area contributed by atoms with Crippen molar-refractivity contribution >= 4 is 40.8 Å². The third-order valence-electron chi connectivity index (χ3n) is 3.81. The number of carboxylic acids is 2. The molecule has 152 valence electrons. The van der Waals surface area contributed by atoms with Crippen LogP contribution in [0.15, 0.2) is 36.4 Å². The van der Waals surface area contributed by atoms with Crippen LogP contribution in [-0.4, -0.2) is 59.4 Å². The topological polar surface area (TPSA) is 159 Å². The van der Waals surface area contributed by atoms with Crippen molar-refractivity contribution in [1.29, 1.82) is 0 Å². The smallest absolute Gasteiger partial charge is 0.339 e. The first-order chi connectivity index (χ1) is 13.8. The Bertz CT molecular complexity index is 956. The maximum Gasteiger partial charge on any atom is 0.339 e. The van der Waals surface area contributed by atoms with Gasteiger partial charge in [0.15, 0.2) is 6.61 Å². The van der Waals surface area contributed by atoms with Crippen LogP contribution in [0.2, 0.25) is 0 Å². The van der Waals surface area contributed by atoms with Gasteiger partial charge in [-0.25, -0.2) is 4.79 Å². The number of aromatic carboxylic acids is 1. The van der Waals surface area contributed by atoms with Crippen molar-refractivity contribution in [2.45, 2.75) is 12.5 Å². The summed E-state index contributed by atoms with van der Waals surface area (Å²) in [4.78, 5) is 56.4. The van der Waals surface area contributed by atoms with Crippen molar-refractivity contribution in [1.82, 2.24) is 10.6 Å².